The normalized spacial score (nSPS) is 24.5. The van der Waals surface area contributed by atoms with Crippen molar-refractivity contribution in [3.05, 3.63) is 35.9 Å². The van der Waals surface area contributed by atoms with Gasteiger partial charge in [0, 0.05) is 6.42 Å². The summed E-state index contributed by atoms with van der Waals surface area (Å²) in [5.41, 5.74) is 6.49. The number of benzene rings is 1. The smallest absolute Gasteiger partial charge is 0.243 e. The summed E-state index contributed by atoms with van der Waals surface area (Å²) in [6.07, 6.45) is 2.40. The van der Waals surface area contributed by atoms with Crippen LogP contribution in [0.15, 0.2) is 30.3 Å². The van der Waals surface area contributed by atoms with E-state index in [0.29, 0.717) is 38.6 Å². The van der Waals surface area contributed by atoms with Crippen LogP contribution in [0, 0.1) is 17.8 Å². The van der Waals surface area contributed by atoms with Crippen molar-refractivity contribution < 1.29 is 24.0 Å². The second kappa shape index (κ2) is 17.6. The fourth-order valence-corrected chi connectivity index (χ4v) is 5.09. The molecule has 0 unspecified atom stereocenters. The zero-order valence-corrected chi connectivity index (χ0v) is 26.6. The van der Waals surface area contributed by atoms with Crippen LogP contribution in [0.4, 0.5) is 0 Å². The highest BCUT2D eigenvalue weighted by Gasteiger charge is 2.35. The van der Waals surface area contributed by atoms with Gasteiger partial charge in [0.15, 0.2) is 0 Å². The van der Waals surface area contributed by atoms with E-state index < -0.39 is 59.7 Å². The Bertz CT molecular complexity index is 1080. The second-order valence-electron chi connectivity index (χ2n) is 12.7. The van der Waals surface area contributed by atoms with Crippen molar-refractivity contribution in [3.63, 3.8) is 0 Å². The maximum Gasteiger partial charge on any atom is 0.243 e. The Balaban J connectivity index is 2.57. The topological polar surface area (TPSA) is 172 Å². The first-order valence-corrected chi connectivity index (χ1v) is 15.6. The molecule has 2 rings (SSSR count). The third kappa shape index (κ3) is 12.0. The third-order valence-electron chi connectivity index (χ3n) is 7.42. The van der Waals surface area contributed by atoms with E-state index >= 15 is 0 Å². The maximum absolute atomic E-state index is 13.7. The fraction of sp³-hybridized carbons (Fsp3) is 0.656. The van der Waals surface area contributed by atoms with Crippen LogP contribution in [-0.2, 0) is 30.4 Å². The van der Waals surface area contributed by atoms with Crippen LogP contribution in [0.2, 0.25) is 0 Å². The number of nitrogens with two attached hydrogens (primary N) is 1. The molecule has 1 aliphatic heterocycles. The average molecular weight is 601 g/mol. The SMILES string of the molecule is CC(C)C[C@@H]1NC(=O)[C@@H](Cc2ccccc2)NC(=O)[C@@H](CC(C)C)NC(=O)[C@@H](C(C)C)NC(=O)[C@H](CCCCN)NC1=O. The van der Waals surface area contributed by atoms with Crippen LogP contribution in [-0.4, -0.2) is 66.3 Å². The van der Waals surface area contributed by atoms with Gasteiger partial charge in [-0.05, 0) is 62.0 Å². The van der Waals surface area contributed by atoms with E-state index in [4.69, 9.17) is 5.73 Å². The first-order valence-electron chi connectivity index (χ1n) is 15.6. The average Bonchev–Trinajstić information content (AvgIpc) is 2.93. The molecular weight excluding hydrogens is 548 g/mol. The lowest BCUT2D eigenvalue weighted by Crippen LogP contribution is -2.59. The number of hydrogen-bond donors (Lipinski definition) is 6. The van der Waals surface area contributed by atoms with E-state index in [9.17, 15) is 24.0 Å². The van der Waals surface area contributed by atoms with Gasteiger partial charge >= 0.3 is 0 Å². The van der Waals surface area contributed by atoms with Crippen LogP contribution >= 0.6 is 0 Å². The van der Waals surface area contributed by atoms with E-state index in [1.807, 2.05) is 58.0 Å². The molecule has 7 N–H and O–H groups in total. The molecule has 5 amide bonds. The van der Waals surface area contributed by atoms with Gasteiger partial charge in [0.05, 0.1) is 0 Å². The van der Waals surface area contributed by atoms with E-state index in [-0.39, 0.29) is 24.2 Å². The summed E-state index contributed by atoms with van der Waals surface area (Å²) in [5.74, 6) is -2.74. The lowest BCUT2D eigenvalue weighted by molar-refractivity contribution is -0.135. The molecule has 11 heteroatoms. The summed E-state index contributed by atoms with van der Waals surface area (Å²) in [6, 6.07) is 4.51. The molecule has 0 aromatic heterocycles. The molecule has 1 aliphatic rings. The number of rotatable bonds is 11. The third-order valence-corrected chi connectivity index (χ3v) is 7.42. The molecule has 0 bridgehead atoms. The van der Waals surface area contributed by atoms with Gasteiger partial charge in [0.2, 0.25) is 29.5 Å². The largest absolute Gasteiger partial charge is 0.343 e. The monoisotopic (exact) mass is 600 g/mol. The van der Waals surface area contributed by atoms with Gasteiger partial charge < -0.3 is 32.3 Å². The van der Waals surface area contributed by atoms with Crippen LogP contribution in [0.3, 0.4) is 0 Å². The Labute approximate surface area is 256 Å². The van der Waals surface area contributed by atoms with Crippen molar-refractivity contribution in [1.82, 2.24) is 26.6 Å². The predicted octanol–water partition coefficient (Wildman–Crippen LogP) is 1.54. The lowest BCUT2D eigenvalue weighted by Gasteiger charge is -2.28. The van der Waals surface area contributed by atoms with Crippen molar-refractivity contribution in [2.24, 2.45) is 23.5 Å². The van der Waals surface area contributed by atoms with Crippen molar-refractivity contribution >= 4 is 29.5 Å². The van der Waals surface area contributed by atoms with Gasteiger partial charge in [-0.2, -0.15) is 0 Å². The molecular formula is C32H52N6O5. The summed E-state index contributed by atoms with van der Waals surface area (Å²) >= 11 is 0. The van der Waals surface area contributed by atoms with Crippen molar-refractivity contribution in [3.8, 4) is 0 Å². The van der Waals surface area contributed by atoms with Crippen molar-refractivity contribution in [2.75, 3.05) is 6.54 Å². The quantitative estimate of drug-likeness (QED) is 0.210. The zero-order chi connectivity index (χ0) is 32.1. The first-order chi connectivity index (χ1) is 20.3. The van der Waals surface area contributed by atoms with Gasteiger partial charge in [0.25, 0.3) is 0 Å². The Hall–Kier alpha value is -3.47. The highest BCUT2D eigenvalue weighted by atomic mass is 16.2. The highest BCUT2D eigenvalue weighted by Crippen LogP contribution is 2.13. The van der Waals surface area contributed by atoms with Crippen LogP contribution in [0.25, 0.3) is 0 Å². The summed E-state index contributed by atoms with van der Waals surface area (Å²) in [4.78, 5) is 68.1. The standard InChI is InChI=1S/C32H52N6O5/c1-19(2)16-24-29(40)34-23(14-10-11-15-33)28(39)38-27(21(5)6)32(43)37-25(17-20(3)4)30(41)36-26(31(42)35-24)18-22-12-8-7-9-13-22/h7-9,12-13,19-21,23-27H,10-11,14-18,33H2,1-6H3,(H,34,40)(H,35,42)(H,36,41)(H,37,43)(H,38,39)/t23-,24-,25+,26+,27+/m0/s1. The molecule has 1 heterocycles. The van der Waals surface area contributed by atoms with Gasteiger partial charge in [-0.1, -0.05) is 71.9 Å². The molecule has 0 saturated carbocycles. The summed E-state index contributed by atoms with van der Waals surface area (Å²) in [6.45, 7) is 11.8. The molecule has 0 aliphatic carbocycles. The Morgan fingerprint density at radius 1 is 0.605 bits per heavy atom. The molecule has 5 atom stereocenters. The van der Waals surface area contributed by atoms with Crippen LogP contribution < -0.4 is 32.3 Å². The molecule has 1 saturated heterocycles. The van der Waals surface area contributed by atoms with Crippen molar-refractivity contribution in [2.45, 2.75) is 110 Å². The maximum atomic E-state index is 13.7. The summed E-state index contributed by atoms with van der Waals surface area (Å²) in [5, 5.41) is 14.2. The number of carbonyl (C=O) groups is 5. The number of unbranched alkanes of at least 4 members (excludes halogenated alkanes) is 1. The predicted molar refractivity (Wildman–Crippen MR) is 166 cm³/mol. The Morgan fingerprint density at radius 2 is 1.07 bits per heavy atom. The number of carbonyl (C=O) groups excluding carboxylic acids is 5. The number of hydrogen-bond acceptors (Lipinski definition) is 6. The lowest BCUT2D eigenvalue weighted by atomic mass is 9.98. The minimum absolute atomic E-state index is 0.0485. The molecule has 240 valence electrons. The van der Waals surface area contributed by atoms with Crippen LogP contribution in [0.5, 0.6) is 0 Å². The zero-order valence-electron chi connectivity index (χ0n) is 26.6. The van der Waals surface area contributed by atoms with Crippen molar-refractivity contribution in [1.29, 1.82) is 0 Å². The molecule has 1 aromatic carbocycles. The van der Waals surface area contributed by atoms with E-state index in [0.717, 1.165) is 5.56 Å². The van der Waals surface area contributed by atoms with Crippen LogP contribution in [0.1, 0.15) is 79.2 Å². The minimum atomic E-state index is -1.00. The number of amides is 5. The minimum Gasteiger partial charge on any atom is -0.343 e. The van der Waals surface area contributed by atoms with E-state index in [1.165, 1.54) is 0 Å². The summed E-state index contributed by atoms with van der Waals surface area (Å²) < 4.78 is 0. The van der Waals surface area contributed by atoms with E-state index in [1.54, 1.807) is 13.8 Å². The molecule has 1 fully saturated rings. The highest BCUT2D eigenvalue weighted by molar-refractivity contribution is 5.98. The first kappa shape index (κ1) is 35.7. The fourth-order valence-electron chi connectivity index (χ4n) is 5.09. The molecule has 1 aromatic rings. The molecule has 0 spiro atoms. The second-order valence-corrected chi connectivity index (χ2v) is 12.7. The molecule has 43 heavy (non-hydrogen) atoms. The van der Waals surface area contributed by atoms with Gasteiger partial charge in [0.1, 0.15) is 30.2 Å². The Kier molecular flexibility index (Phi) is 14.6. The molecule has 11 nitrogen and oxygen atoms in total. The van der Waals surface area contributed by atoms with Gasteiger partial charge in [-0.25, -0.2) is 0 Å². The summed E-state index contributed by atoms with van der Waals surface area (Å²) in [7, 11) is 0. The van der Waals surface area contributed by atoms with E-state index in [2.05, 4.69) is 26.6 Å². The number of nitrogens with one attached hydrogen (secondary N) is 5. The van der Waals surface area contributed by atoms with Gasteiger partial charge in [-0.15, -0.1) is 0 Å². The van der Waals surface area contributed by atoms with Gasteiger partial charge in [-0.3, -0.25) is 24.0 Å². The molecule has 0 radical (unpaired) electrons. The Morgan fingerprint density at radius 3 is 1.58 bits per heavy atom.